The number of hydrogen-bond donors (Lipinski definition) is 2. The minimum atomic E-state index is -0.123. The Labute approximate surface area is 160 Å². The van der Waals surface area contributed by atoms with Gasteiger partial charge in [0.1, 0.15) is 12.7 Å². The second-order valence-corrected chi connectivity index (χ2v) is 7.94. The van der Waals surface area contributed by atoms with Gasteiger partial charge in [0.2, 0.25) is 5.91 Å². The van der Waals surface area contributed by atoms with Crippen molar-refractivity contribution in [2.24, 2.45) is 5.73 Å². The van der Waals surface area contributed by atoms with E-state index < -0.39 is 0 Å². The van der Waals surface area contributed by atoms with Gasteiger partial charge in [-0.1, -0.05) is 45.0 Å². The van der Waals surface area contributed by atoms with Crippen molar-refractivity contribution < 1.29 is 14.3 Å². The van der Waals surface area contributed by atoms with Gasteiger partial charge in [-0.05, 0) is 35.1 Å². The second-order valence-electron chi connectivity index (χ2n) is 7.94. The first-order valence-electron chi connectivity index (χ1n) is 9.38. The smallest absolute Gasteiger partial charge is 0.224 e. The van der Waals surface area contributed by atoms with Crippen LogP contribution in [-0.4, -0.2) is 25.2 Å². The van der Waals surface area contributed by atoms with Gasteiger partial charge < -0.3 is 20.5 Å². The zero-order chi connectivity index (χ0) is 19.4. The van der Waals surface area contributed by atoms with Crippen molar-refractivity contribution in [1.82, 2.24) is 0 Å². The van der Waals surface area contributed by atoms with Crippen molar-refractivity contribution >= 4 is 11.6 Å². The highest BCUT2D eigenvalue weighted by molar-refractivity contribution is 5.91. The SMILES string of the molecule is CC(C)(C)c1ccc(CCC(=O)Nc2ccc3c(c2)OC[C@@H](CN)O3)cc1. The highest BCUT2D eigenvalue weighted by Gasteiger charge is 2.20. The number of anilines is 1. The maximum absolute atomic E-state index is 12.3. The van der Waals surface area contributed by atoms with E-state index in [4.69, 9.17) is 15.2 Å². The molecule has 1 aliphatic heterocycles. The fraction of sp³-hybridized carbons (Fsp3) is 0.409. The Morgan fingerprint density at radius 2 is 1.89 bits per heavy atom. The summed E-state index contributed by atoms with van der Waals surface area (Å²) >= 11 is 0. The zero-order valence-electron chi connectivity index (χ0n) is 16.2. The Balaban J connectivity index is 1.54. The number of nitrogens with one attached hydrogen (secondary N) is 1. The van der Waals surface area contributed by atoms with Crippen molar-refractivity contribution in [1.29, 1.82) is 0 Å². The van der Waals surface area contributed by atoms with Crippen LogP contribution in [-0.2, 0) is 16.6 Å². The molecule has 1 heterocycles. The molecular weight excluding hydrogens is 340 g/mol. The number of carbonyl (C=O) groups is 1. The minimum absolute atomic E-state index is 0.0218. The van der Waals surface area contributed by atoms with Crippen LogP contribution < -0.4 is 20.5 Å². The number of fused-ring (bicyclic) bond motifs is 1. The molecule has 3 rings (SSSR count). The van der Waals surface area contributed by atoms with Crippen molar-refractivity contribution in [2.75, 3.05) is 18.5 Å². The fourth-order valence-corrected chi connectivity index (χ4v) is 2.96. The van der Waals surface area contributed by atoms with Crippen LogP contribution in [0.2, 0.25) is 0 Å². The number of carbonyl (C=O) groups excluding carboxylic acids is 1. The van der Waals surface area contributed by atoms with E-state index in [-0.39, 0.29) is 17.4 Å². The monoisotopic (exact) mass is 368 g/mol. The molecule has 0 spiro atoms. The summed E-state index contributed by atoms with van der Waals surface area (Å²) in [4.78, 5) is 12.3. The Morgan fingerprint density at radius 3 is 2.56 bits per heavy atom. The van der Waals surface area contributed by atoms with E-state index in [1.807, 2.05) is 6.07 Å². The van der Waals surface area contributed by atoms with Crippen LogP contribution in [0.4, 0.5) is 5.69 Å². The molecule has 5 nitrogen and oxygen atoms in total. The molecule has 0 aliphatic carbocycles. The summed E-state index contributed by atoms with van der Waals surface area (Å²) in [5, 5.41) is 2.92. The maximum atomic E-state index is 12.3. The Hall–Kier alpha value is -2.53. The number of benzene rings is 2. The molecule has 0 unspecified atom stereocenters. The summed E-state index contributed by atoms with van der Waals surface area (Å²) in [7, 11) is 0. The van der Waals surface area contributed by atoms with Gasteiger partial charge in [0.05, 0.1) is 0 Å². The lowest BCUT2D eigenvalue weighted by Crippen LogP contribution is -2.35. The van der Waals surface area contributed by atoms with E-state index in [1.54, 1.807) is 12.1 Å². The first kappa shape index (κ1) is 19.2. The minimum Gasteiger partial charge on any atom is -0.486 e. The van der Waals surface area contributed by atoms with E-state index in [0.29, 0.717) is 43.2 Å². The van der Waals surface area contributed by atoms with Crippen molar-refractivity contribution in [3.8, 4) is 11.5 Å². The molecule has 0 aromatic heterocycles. The third kappa shape index (κ3) is 5.01. The molecule has 0 saturated carbocycles. The average Bonchev–Trinajstić information content (AvgIpc) is 2.65. The number of hydrogen-bond acceptors (Lipinski definition) is 4. The lowest BCUT2D eigenvalue weighted by atomic mass is 9.86. The lowest BCUT2D eigenvalue weighted by molar-refractivity contribution is -0.116. The number of ether oxygens (including phenoxy) is 2. The van der Waals surface area contributed by atoms with E-state index in [2.05, 4.69) is 50.4 Å². The number of aryl methyl sites for hydroxylation is 1. The van der Waals surface area contributed by atoms with Gasteiger partial charge >= 0.3 is 0 Å². The fourth-order valence-electron chi connectivity index (χ4n) is 2.96. The second kappa shape index (κ2) is 8.01. The van der Waals surface area contributed by atoms with Gasteiger partial charge in [0.25, 0.3) is 0 Å². The molecule has 1 amide bonds. The van der Waals surface area contributed by atoms with Gasteiger partial charge in [0.15, 0.2) is 11.5 Å². The van der Waals surface area contributed by atoms with E-state index in [1.165, 1.54) is 5.56 Å². The van der Waals surface area contributed by atoms with Gasteiger partial charge in [-0.3, -0.25) is 4.79 Å². The standard InChI is InChI=1S/C22H28N2O3/c1-22(2,3)16-7-4-15(5-8-16)6-11-21(25)24-17-9-10-19-20(12-17)26-14-18(13-23)27-19/h4-5,7-10,12,18H,6,11,13-14,23H2,1-3H3,(H,24,25)/t18-/m1/s1. The summed E-state index contributed by atoms with van der Waals surface area (Å²) in [6.45, 7) is 7.41. The summed E-state index contributed by atoms with van der Waals surface area (Å²) in [6.07, 6.45) is 1.01. The predicted molar refractivity (Wildman–Crippen MR) is 108 cm³/mol. The van der Waals surface area contributed by atoms with E-state index >= 15 is 0 Å². The molecule has 1 aliphatic rings. The normalized spacial score (nSPS) is 16.1. The molecule has 0 radical (unpaired) electrons. The van der Waals surface area contributed by atoms with E-state index in [0.717, 1.165) is 5.56 Å². The molecule has 2 aromatic rings. The molecule has 0 saturated heterocycles. The van der Waals surface area contributed by atoms with Crippen LogP contribution in [0, 0.1) is 0 Å². The molecule has 0 bridgehead atoms. The third-order valence-corrected chi connectivity index (χ3v) is 4.67. The van der Waals surface area contributed by atoms with Crippen LogP contribution in [0.1, 0.15) is 38.3 Å². The van der Waals surface area contributed by atoms with Crippen molar-refractivity contribution in [3.63, 3.8) is 0 Å². The molecule has 2 aromatic carbocycles. The molecule has 3 N–H and O–H groups in total. The van der Waals surface area contributed by atoms with Crippen LogP contribution in [0.5, 0.6) is 11.5 Å². The molecular formula is C22H28N2O3. The summed E-state index contributed by atoms with van der Waals surface area (Å²) in [5.41, 5.74) is 8.90. The summed E-state index contributed by atoms with van der Waals surface area (Å²) in [6, 6.07) is 13.9. The summed E-state index contributed by atoms with van der Waals surface area (Å²) < 4.78 is 11.4. The van der Waals surface area contributed by atoms with Gasteiger partial charge in [0, 0.05) is 24.7 Å². The van der Waals surface area contributed by atoms with Crippen molar-refractivity contribution in [2.45, 2.75) is 45.1 Å². The first-order chi connectivity index (χ1) is 12.8. The molecule has 144 valence electrons. The summed E-state index contributed by atoms with van der Waals surface area (Å²) in [5.74, 6) is 1.27. The molecule has 27 heavy (non-hydrogen) atoms. The molecule has 0 fully saturated rings. The largest absolute Gasteiger partial charge is 0.486 e. The quantitative estimate of drug-likeness (QED) is 0.845. The molecule has 1 atom stereocenters. The maximum Gasteiger partial charge on any atom is 0.224 e. The van der Waals surface area contributed by atoms with Crippen LogP contribution in [0.25, 0.3) is 0 Å². The number of nitrogens with two attached hydrogens (primary N) is 1. The topological polar surface area (TPSA) is 73.6 Å². The van der Waals surface area contributed by atoms with Crippen LogP contribution in [0.3, 0.4) is 0 Å². The average molecular weight is 368 g/mol. The lowest BCUT2D eigenvalue weighted by Gasteiger charge is -2.25. The first-order valence-corrected chi connectivity index (χ1v) is 9.38. The highest BCUT2D eigenvalue weighted by atomic mass is 16.6. The third-order valence-electron chi connectivity index (χ3n) is 4.67. The van der Waals surface area contributed by atoms with Crippen molar-refractivity contribution in [3.05, 3.63) is 53.6 Å². The Bertz CT molecular complexity index is 794. The van der Waals surface area contributed by atoms with Gasteiger partial charge in [-0.15, -0.1) is 0 Å². The van der Waals surface area contributed by atoms with Crippen LogP contribution >= 0.6 is 0 Å². The van der Waals surface area contributed by atoms with E-state index in [9.17, 15) is 4.79 Å². The zero-order valence-corrected chi connectivity index (χ0v) is 16.2. The number of amides is 1. The highest BCUT2D eigenvalue weighted by Crippen LogP contribution is 2.34. The van der Waals surface area contributed by atoms with Gasteiger partial charge in [-0.25, -0.2) is 0 Å². The number of rotatable bonds is 5. The Morgan fingerprint density at radius 1 is 1.15 bits per heavy atom. The van der Waals surface area contributed by atoms with Gasteiger partial charge in [-0.2, -0.15) is 0 Å². The Kier molecular flexibility index (Phi) is 5.71. The predicted octanol–water partition coefficient (Wildman–Crippen LogP) is 3.65. The van der Waals surface area contributed by atoms with Crippen LogP contribution in [0.15, 0.2) is 42.5 Å². The molecule has 5 heteroatoms.